The highest BCUT2D eigenvalue weighted by atomic mass is 35.5. The van der Waals surface area contributed by atoms with E-state index in [4.69, 9.17) is 16.9 Å². The molecule has 0 bridgehead atoms. The lowest BCUT2D eigenvalue weighted by Crippen LogP contribution is -1.89. The van der Waals surface area contributed by atoms with E-state index in [1.54, 1.807) is 0 Å². The number of hydrogen-bond acceptors (Lipinski definition) is 1. The van der Waals surface area contributed by atoms with Crippen LogP contribution in [0.3, 0.4) is 0 Å². The second-order valence-electron chi connectivity index (χ2n) is 3.11. The maximum absolute atomic E-state index is 8.74. The van der Waals surface area contributed by atoms with Gasteiger partial charge in [0.25, 0.3) is 0 Å². The highest BCUT2D eigenvalue weighted by molar-refractivity contribution is 6.17. The number of halogens is 1. The summed E-state index contributed by atoms with van der Waals surface area (Å²) in [5.74, 6) is 0.676. The van der Waals surface area contributed by atoms with E-state index in [0.717, 1.165) is 24.0 Å². The van der Waals surface area contributed by atoms with Crippen LogP contribution in [0.1, 0.15) is 23.1 Å². The van der Waals surface area contributed by atoms with Gasteiger partial charge in [0.05, 0.1) is 11.6 Å². The first-order valence-electron chi connectivity index (χ1n) is 4.33. The van der Waals surface area contributed by atoms with Crippen molar-refractivity contribution in [3.8, 4) is 6.07 Å². The summed E-state index contributed by atoms with van der Waals surface area (Å²) in [4.78, 5) is 0. The molecule has 0 aliphatic carbocycles. The highest BCUT2D eigenvalue weighted by Gasteiger charge is 1.97. The van der Waals surface area contributed by atoms with E-state index in [2.05, 4.69) is 12.1 Å². The number of alkyl halides is 1. The Labute approximate surface area is 84.0 Å². The van der Waals surface area contributed by atoms with Gasteiger partial charge in [-0.3, -0.25) is 0 Å². The van der Waals surface area contributed by atoms with Crippen molar-refractivity contribution in [3.05, 3.63) is 34.9 Å². The van der Waals surface area contributed by atoms with E-state index in [-0.39, 0.29) is 0 Å². The van der Waals surface area contributed by atoms with Crippen LogP contribution in [0.25, 0.3) is 0 Å². The van der Waals surface area contributed by atoms with Gasteiger partial charge in [0, 0.05) is 5.88 Å². The summed E-state index contributed by atoms with van der Waals surface area (Å²) in [6.07, 6.45) is 1.93. The van der Waals surface area contributed by atoms with Crippen LogP contribution in [0.15, 0.2) is 18.2 Å². The topological polar surface area (TPSA) is 23.8 Å². The lowest BCUT2D eigenvalue weighted by Gasteiger charge is -2.01. The van der Waals surface area contributed by atoms with E-state index in [1.165, 1.54) is 5.56 Å². The average molecular weight is 194 g/mol. The summed E-state index contributed by atoms with van der Waals surface area (Å²) in [6, 6.07) is 8.08. The molecule has 0 atom stereocenters. The predicted molar refractivity (Wildman–Crippen MR) is 54.9 cm³/mol. The Morgan fingerprint density at radius 2 is 2.15 bits per heavy atom. The Morgan fingerprint density at radius 1 is 1.38 bits per heavy atom. The largest absolute Gasteiger partial charge is 0.192 e. The molecule has 1 aromatic rings. The molecule has 0 radical (unpaired) electrons. The van der Waals surface area contributed by atoms with E-state index in [9.17, 15) is 0 Å². The van der Waals surface area contributed by atoms with Crippen LogP contribution < -0.4 is 0 Å². The number of aryl methyl sites for hydroxylation is 2. The van der Waals surface area contributed by atoms with Crippen molar-refractivity contribution in [3.63, 3.8) is 0 Å². The monoisotopic (exact) mass is 193 g/mol. The van der Waals surface area contributed by atoms with E-state index < -0.39 is 0 Å². The van der Waals surface area contributed by atoms with Gasteiger partial charge < -0.3 is 0 Å². The molecule has 2 heteroatoms. The maximum atomic E-state index is 8.74. The summed E-state index contributed by atoms with van der Waals surface area (Å²) in [5, 5.41) is 8.74. The summed E-state index contributed by atoms with van der Waals surface area (Å²) < 4.78 is 0. The fourth-order valence-electron chi connectivity index (χ4n) is 1.34. The normalized spacial score (nSPS) is 9.62. The lowest BCUT2D eigenvalue weighted by atomic mass is 10.0. The zero-order valence-corrected chi connectivity index (χ0v) is 8.43. The molecular weight excluding hydrogens is 182 g/mol. The Hall–Kier alpha value is -1.000. The smallest absolute Gasteiger partial charge is 0.0991 e. The zero-order valence-electron chi connectivity index (χ0n) is 7.68. The molecule has 0 spiro atoms. The highest BCUT2D eigenvalue weighted by Crippen LogP contribution is 2.11. The van der Waals surface area contributed by atoms with Crippen molar-refractivity contribution in [2.75, 3.05) is 5.88 Å². The third kappa shape index (κ3) is 3.08. The lowest BCUT2D eigenvalue weighted by molar-refractivity contribution is 0.926. The van der Waals surface area contributed by atoms with Gasteiger partial charge >= 0.3 is 0 Å². The first-order valence-corrected chi connectivity index (χ1v) is 4.86. The summed E-state index contributed by atoms with van der Waals surface area (Å²) in [7, 11) is 0. The molecule has 1 nitrogen and oxygen atoms in total. The number of nitrogens with zero attached hydrogens (tertiary/aromatic N) is 1. The van der Waals surface area contributed by atoms with Crippen LogP contribution in [0.5, 0.6) is 0 Å². The zero-order chi connectivity index (χ0) is 9.68. The third-order valence-electron chi connectivity index (χ3n) is 1.87. The molecule has 0 saturated heterocycles. The number of rotatable bonds is 3. The summed E-state index contributed by atoms with van der Waals surface area (Å²) in [6.45, 7) is 2.00. The minimum atomic E-state index is 0.676. The molecule has 0 heterocycles. The molecule has 0 aromatic heterocycles. The van der Waals surface area contributed by atoms with Crippen LogP contribution in [0.4, 0.5) is 0 Å². The number of nitriles is 1. The van der Waals surface area contributed by atoms with Crippen molar-refractivity contribution in [1.29, 1.82) is 5.26 Å². The van der Waals surface area contributed by atoms with Gasteiger partial charge in [-0.15, -0.1) is 11.6 Å². The van der Waals surface area contributed by atoms with E-state index >= 15 is 0 Å². The van der Waals surface area contributed by atoms with Crippen molar-refractivity contribution in [1.82, 2.24) is 0 Å². The Morgan fingerprint density at radius 3 is 2.77 bits per heavy atom. The average Bonchev–Trinajstić information content (AvgIpc) is 2.14. The maximum Gasteiger partial charge on any atom is 0.0991 e. The molecule has 1 rings (SSSR count). The van der Waals surface area contributed by atoms with Crippen LogP contribution in [0, 0.1) is 18.3 Å². The molecule has 0 aliphatic heterocycles. The standard InChI is InChI=1S/C11H12ClN/c1-9-5-10(3-2-4-12)7-11(6-9)8-13/h5-7H,2-4H2,1H3. The van der Waals surface area contributed by atoms with Crippen LogP contribution in [0.2, 0.25) is 0 Å². The Kier molecular flexibility index (Phi) is 3.79. The molecule has 0 N–H and O–H groups in total. The van der Waals surface area contributed by atoms with Gasteiger partial charge in [0.15, 0.2) is 0 Å². The molecule has 0 amide bonds. The first kappa shape index (κ1) is 10.1. The van der Waals surface area contributed by atoms with E-state index in [0.29, 0.717) is 5.88 Å². The van der Waals surface area contributed by atoms with Crippen molar-refractivity contribution < 1.29 is 0 Å². The van der Waals surface area contributed by atoms with Gasteiger partial charge in [-0.25, -0.2) is 0 Å². The molecule has 0 fully saturated rings. The van der Waals surface area contributed by atoms with Crippen LogP contribution >= 0.6 is 11.6 Å². The van der Waals surface area contributed by atoms with Crippen molar-refractivity contribution in [2.45, 2.75) is 19.8 Å². The Bertz CT molecular complexity index is 325. The molecular formula is C11H12ClN. The molecule has 0 unspecified atom stereocenters. The van der Waals surface area contributed by atoms with Gasteiger partial charge in [0.1, 0.15) is 0 Å². The molecule has 0 saturated carbocycles. The SMILES string of the molecule is Cc1cc(C#N)cc(CCCCl)c1. The number of benzene rings is 1. The predicted octanol–water partition coefficient (Wildman–Crippen LogP) is 3.04. The molecule has 68 valence electrons. The Balaban J connectivity index is 2.83. The second kappa shape index (κ2) is 4.89. The summed E-state index contributed by atoms with van der Waals surface area (Å²) >= 11 is 5.60. The van der Waals surface area contributed by atoms with Gasteiger partial charge in [0.2, 0.25) is 0 Å². The first-order chi connectivity index (χ1) is 6.26. The third-order valence-corrected chi connectivity index (χ3v) is 2.13. The van der Waals surface area contributed by atoms with Crippen LogP contribution in [-0.2, 0) is 6.42 Å². The van der Waals surface area contributed by atoms with Gasteiger partial charge in [-0.05, 0) is 43.0 Å². The van der Waals surface area contributed by atoms with Crippen LogP contribution in [-0.4, -0.2) is 5.88 Å². The molecule has 13 heavy (non-hydrogen) atoms. The number of hydrogen-bond donors (Lipinski definition) is 0. The van der Waals surface area contributed by atoms with Crippen molar-refractivity contribution >= 4 is 11.6 Å². The minimum Gasteiger partial charge on any atom is -0.192 e. The second-order valence-corrected chi connectivity index (χ2v) is 3.49. The fourth-order valence-corrected chi connectivity index (χ4v) is 1.48. The van der Waals surface area contributed by atoms with E-state index in [1.807, 2.05) is 19.1 Å². The fraction of sp³-hybridized carbons (Fsp3) is 0.364. The molecule has 1 aromatic carbocycles. The molecule has 0 aliphatic rings. The minimum absolute atomic E-state index is 0.676. The summed E-state index contributed by atoms with van der Waals surface area (Å²) in [5.41, 5.74) is 3.09. The van der Waals surface area contributed by atoms with Gasteiger partial charge in [-0.1, -0.05) is 6.07 Å². The van der Waals surface area contributed by atoms with Gasteiger partial charge in [-0.2, -0.15) is 5.26 Å². The quantitative estimate of drug-likeness (QED) is 0.677. The van der Waals surface area contributed by atoms with Crippen molar-refractivity contribution in [2.24, 2.45) is 0 Å².